The van der Waals surface area contributed by atoms with E-state index >= 15 is 0 Å². The van der Waals surface area contributed by atoms with Crippen LogP contribution in [0.2, 0.25) is 0 Å². The van der Waals surface area contributed by atoms with Gasteiger partial charge in [-0.05, 0) is 39.0 Å². The topological polar surface area (TPSA) is 18.5 Å². The molecular weight excluding hydrogens is 152 g/mol. The van der Waals surface area contributed by atoms with E-state index in [1.807, 2.05) is 0 Å². The van der Waals surface area contributed by atoms with Crippen molar-refractivity contribution in [3.8, 4) is 0 Å². The van der Waals surface area contributed by atoms with Crippen LogP contribution in [0.5, 0.6) is 0 Å². The van der Waals surface area contributed by atoms with Gasteiger partial charge in [-0.2, -0.15) is 0 Å². The largest absolute Gasteiger partial charge is 0.376 e. The van der Waals surface area contributed by atoms with Crippen LogP contribution in [0, 0.1) is 5.92 Å². The number of rotatable bonds is 0. The fraction of sp³-hybridized carbons (Fsp3) is 1.00. The normalized spacial score (nSPS) is 48.5. The Balaban J connectivity index is 1.94. The molecule has 0 aromatic rings. The molecule has 0 spiro atoms. The predicted molar refractivity (Wildman–Crippen MR) is 47.1 cm³/mol. The van der Waals surface area contributed by atoms with Crippen molar-refractivity contribution >= 4 is 0 Å². The molecule has 0 bridgehead atoms. The molecule has 0 aromatic heterocycles. The summed E-state index contributed by atoms with van der Waals surface area (Å²) in [7, 11) is 0. The lowest BCUT2D eigenvalue weighted by Gasteiger charge is -2.40. The van der Waals surface area contributed by atoms with Crippen LogP contribution < -0.4 is 0 Å². The van der Waals surface area contributed by atoms with Gasteiger partial charge in [0.1, 0.15) is 0 Å². The molecule has 2 heteroatoms. The van der Waals surface area contributed by atoms with E-state index < -0.39 is 0 Å². The second-order valence-corrected chi connectivity index (χ2v) is 4.20. The Labute approximate surface area is 74.2 Å². The van der Waals surface area contributed by atoms with Crippen molar-refractivity contribution in [3.05, 3.63) is 0 Å². The van der Waals surface area contributed by atoms with Crippen molar-refractivity contribution in [1.29, 1.82) is 0 Å². The number of hydrogen-bond donors (Lipinski definition) is 0. The van der Waals surface area contributed by atoms with E-state index in [0.717, 1.165) is 12.5 Å². The molecule has 2 aliphatic heterocycles. The highest BCUT2D eigenvalue weighted by atomic mass is 16.5. The molecule has 70 valence electrons. The molecule has 2 heterocycles. The van der Waals surface area contributed by atoms with Gasteiger partial charge in [-0.25, -0.2) is 0 Å². The third-order valence-electron chi connectivity index (χ3n) is 3.06. The monoisotopic (exact) mass is 170 g/mol. The molecule has 2 saturated heterocycles. The second-order valence-electron chi connectivity index (χ2n) is 4.20. The van der Waals surface area contributed by atoms with Crippen LogP contribution in [-0.4, -0.2) is 24.9 Å². The molecular formula is C10H18O2. The maximum absolute atomic E-state index is 5.81. The summed E-state index contributed by atoms with van der Waals surface area (Å²) < 4.78 is 11.4. The van der Waals surface area contributed by atoms with Crippen LogP contribution in [0.4, 0.5) is 0 Å². The molecule has 0 aliphatic carbocycles. The minimum absolute atomic E-state index is 0.393. The van der Waals surface area contributed by atoms with Crippen molar-refractivity contribution in [2.45, 2.75) is 51.4 Å². The van der Waals surface area contributed by atoms with Gasteiger partial charge in [0.2, 0.25) is 0 Å². The Bertz CT molecular complexity index is 140. The molecule has 2 rings (SSSR count). The van der Waals surface area contributed by atoms with E-state index in [0.29, 0.717) is 18.3 Å². The first-order valence-corrected chi connectivity index (χ1v) is 5.03. The predicted octanol–water partition coefficient (Wildman–Crippen LogP) is 1.98. The molecule has 0 saturated carbocycles. The summed E-state index contributed by atoms with van der Waals surface area (Å²) >= 11 is 0. The molecule has 2 nitrogen and oxygen atoms in total. The molecule has 2 fully saturated rings. The smallest absolute Gasteiger partial charge is 0.0841 e. The lowest BCUT2D eigenvalue weighted by molar-refractivity contribution is -0.157. The van der Waals surface area contributed by atoms with Gasteiger partial charge in [0.25, 0.3) is 0 Å². The Kier molecular flexibility index (Phi) is 2.37. The minimum Gasteiger partial charge on any atom is -0.376 e. The third-order valence-corrected chi connectivity index (χ3v) is 3.06. The van der Waals surface area contributed by atoms with Crippen LogP contribution in [0.3, 0.4) is 0 Å². The average Bonchev–Trinajstić information content (AvgIpc) is 2.05. The van der Waals surface area contributed by atoms with E-state index in [1.165, 1.54) is 19.3 Å². The number of ether oxygens (including phenoxy) is 2. The molecule has 4 unspecified atom stereocenters. The zero-order chi connectivity index (χ0) is 8.55. The molecule has 4 atom stereocenters. The first-order chi connectivity index (χ1) is 5.75. The summed E-state index contributed by atoms with van der Waals surface area (Å²) in [5.41, 5.74) is 0. The van der Waals surface area contributed by atoms with E-state index in [9.17, 15) is 0 Å². The second kappa shape index (κ2) is 3.35. The standard InChI is InChI=1S/C10H18O2/c1-7-3-4-9-5-8(2)11-6-10(9)12-7/h7-10H,3-6H2,1-2H3. The first kappa shape index (κ1) is 8.52. The van der Waals surface area contributed by atoms with Gasteiger partial charge in [0.05, 0.1) is 24.9 Å². The van der Waals surface area contributed by atoms with Gasteiger partial charge < -0.3 is 9.47 Å². The maximum atomic E-state index is 5.81. The van der Waals surface area contributed by atoms with E-state index in [-0.39, 0.29) is 0 Å². The summed E-state index contributed by atoms with van der Waals surface area (Å²) in [6.45, 7) is 5.14. The molecule has 0 amide bonds. The summed E-state index contributed by atoms with van der Waals surface area (Å²) in [6, 6.07) is 0. The highest BCUT2D eigenvalue weighted by Gasteiger charge is 2.34. The summed E-state index contributed by atoms with van der Waals surface area (Å²) in [5.74, 6) is 0.768. The van der Waals surface area contributed by atoms with E-state index in [1.54, 1.807) is 0 Å². The number of hydrogen-bond acceptors (Lipinski definition) is 2. The summed E-state index contributed by atoms with van der Waals surface area (Å²) in [5, 5.41) is 0. The number of fused-ring (bicyclic) bond motifs is 1. The van der Waals surface area contributed by atoms with Crippen molar-refractivity contribution < 1.29 is 9.47 Å². The highest BCUT2D eigenvalue weighted by molar-refractivity contribution is 4.82. The Morgan fingerprint density at radius 1 is 1.08 bits per heavy atom. The SMILES string of the molecule is CC1CC2CCC(C)OC2CO1. The van der Waals surface area contributed by atoms with E-state index in [2.05, 4.69) is 13.8 Å². The Morgan fingerprint density at radius 2 is 1.92 bits per heavy atom. The maximum Gasteiger partial charge on any atom is 0.0841 e. The zero-order valence-electron chi connectivity index (χ0n) is 7.95. The van der Waals surface area contributed by atoms with Crippen LogP contribution in [0.15, 0.2) is 0 Å². The van der Waals surface area contributed by atoms with Gasteiger partial charge in [-0.1, -0.05) is 0 Å². The van der Waals surface area contributed by atoms with Crippen molar-refractivity contribution in [2.24, 2.45) is 5.92 Å². The molecule has 2 aliphatic rings. The van der Waals surface area contributed by atoms with Gasteiger partial charge in [0.15, 0.2) is 0 Å². The molecule has 0 N–H and O–H groups in total. The lowest BCUT2D eigenvalue weighted by Crippen LogP contribution is -2.43. The first-order valence-electron chi connectivity index (χ1n) is 5.03. The fourth-order valence-electron chi connectivity index (χ4n) is 2.31. The van der Waals surface area contributed by atoms with E-state index in [4.69, 9.17) is 9.47 Å². The van der Waals surface area contributed by atoms with Crippen LogP contribution >= 0.6 is 0 Å². The molecule has 12 heavy (non-hydrogen) atoms. The lowest BCUT2D eigenvalue weighted by atomic mass is 9.86. The molecule has 0 radical (unpaired) electrons. The highest BCUT2D eigenvalue weighted by Crippen LogP contribution is 2.32. The fourth-order valence-corrected chi connectivity index (χ4v) is 2.31. The van der Waals surface area contributed by atoms with Gasteiger partial charge in [-0.3, -0.25) is 0 Å². The quantitative estimate of drug-likeness (QED) is 0.553. The van der Waals surface area contributed by atoms with Crippen LogP contribution in [0.25, 0.3) is 0 Å². The Morgan fingerprint density at radius 3 is 2.75 bits per heavy atom. The third kappa shape index (κ3) is 1.64. The van der Waals surface area contributed by atoms with Crippen molar-refractivity contribution in [3.63, 3.8) is 0 Å². The summed E-state index contributed by atoms with van der Waals surface area (Å²) in [6.07, 6.45) is 5.04. The van der Waals surface area contributed by atoms with Crippen molar-refractivity contribution in [2.75, 3.05) is 6.61 Å². The summed E-state index contributed by atoms with van der Waals surface area (Å²) in [4.78, 5) is 0. The Hall–Kier alpha value is -0.0800. The molecule has 0 aromatic carbocycles. The van der Waals surface area contributed by atoms with Crippen LogP contribution in [-0.2, 0) is 9.47 Å². The zero-order valence-corrected chi connectivity index (χ0v) is 7.95. The van der Waals surface area contributed by atoms with Crippen LogP contribution in [0.1, 0.15) is 33.1 Å². The van der Waals surface area contributed by atoms with Gasteiger partial charge >= 0.3 is 0 Å². The van der Waals surface area contributed by atoms with Crippen molar-refractivity contribution in [1.82, 2.24) is 0 Å². The van der Waals surface area contributed by atoms with Gasteiger partial charge in [-0.15, -0.1) is 0 Å². The van der Waals surface area contributed by atoms with Gasteiger partial charge in [0, 0.05) is 0 Å². The minimum atomic E-state index is 0.393. The average molecular weight is 170 g/mol.